The maximum Gasteiger partial charge on any atom is 0.325 e. The van der Waals surface area contributed by atoms with E-state index in [4.69, 9.17) is 5.73 Å². The number of carbonyl (C=O) groups is 1. The standard InChI is InChI=1S/C13H25N3O2/c1-3-16-7-6-15(8-10(16)2)9-13(14,12(17)18)11-4-5-11/h10-11H,3-9,14H2,1-2H3,(H,17,18). The van der Waals surface area contributed by atoms with Crippen LogP contribution in [0.15, 0.2) is 0 Å². The van der Waals surface area contributed by atoms with Gasteiger partial charge in [-0.2, -0.15) is 0 Å². The van der Waals surface area contributed by atoms with Crippen molar-refractivity contribution in [2.75, 3.05) is 32.7 Å². The molecule has 1 heterocycles. The minimum absolute atomic E-state index is 0.175. The van der Waals surface area contributed by atoms with Crippen LogP contribution < -0.4 is 5.73 Å². The van der Waals surface area contributed by atoms with E-state index in [9.17, 15) is 9.90 Å². The van der Waals surface area contributed by atoms with E-state index >= 15 is 0 Å². The van der Waals surface area contributed by atoms with E-state index in [1.807, 2.05) is 0 Å². The topological polar surface area (TPSA) is 69.8 Å². The molecule has 0 radical (unpaired) electrons. The van der Waals surface area contributed by atoms with Crippen LogP contribution in [-0.4, -0.2) is 65.2 Å². The van der Waals surface area contributed by atoms with Crippen LogP contribution >= 0.6 is 0 Å². The Morgan fingerprint density at radius 2 is 2.11 bits per heavy atom. The van der Waals surface area contributed by atoms with Gasteiger partial charge in [-0.05, 0) is 32.2 Å². The highest BCUT2D eigenvalue weighted by molar-refractivity contribution is 5.79. The molecule has 5 nitrogen and oxygen atoms in total. The Kier molecular flexibility index (Phi) is 3.94. The number of carboxylic acid groups (broad SMARTS) is 1. The van der Waals surface area contributed by atoms with Crippen molar-refractivity contribution in [1.29, 1.82) is 0 Å². The number of likely N-dealkylation sites (N-methyl/N-ethyl adjacent to an activating group) is 1. The molecule has 104 valence electrons. The first kappa shape index (κ1) is 13.8. The molecular formula is C13H25N3O2. The number of aliphatic carboxylic acids is 1. The third-order valence-electron chi connectivity index (χ3n) is 4.44. The quantitative estimate of drug-likeness (QED) is 0.734. The zero-order chi connectivity index (χ0) is 13.3. The molecule has 2 rings (SSSR count). The smallest absolute Gasteiger partial charge is 0.325 e. The molecule has 2 fully saturated rings. The van der Waals surface area contributed by atoms with Crippen molar-refractivity contribution in [1.82, 2.24) is 9.80 Å². The van der Waals surface area contributed by atoms with Gasteiger partial charge in [-0.3, -0.25) is 14.6 Å². The van der Waals surface area contributed by atoms with E-state index in [2.05, 4.69) is 23.6 Å². The van der Waals surface area contributed by atoms with E-state index in [-0.39, 0.29) is 5.92 Å². The van der Waals surface area contributed by atoms with Gasteiger partial charge in [-0.15, -0.1) is 0 Å². The van der Waals surface area contributed by atoms with E-state index in [0.29, 0.717) is 12.6 Å². The molecule has 1 saturated heterocycles. The van der Waals surface area contributed by atoms with Gasteiger partial charge in [0.05, 0.1) is 0 Å². The summed E-state index contributed by atoms with van der Waals surface area (Å²) in [5.74, 6) is -0.662. The molecule has 5 heteroatoms. The molecule has 18 heavy (non-hydrogen) atoms. The number of hydrogen-bond donors (Lipinski definition) is 2. The van der Waals surface area contributed by atoms with E-state index in [0.717, 1.165) is 39.0 Å². The van der Waals surface area contributed by atoms with Crippen molar-refractivity contribution in [3.05, 3.63) is 0 Å². The van der Waals surface area contributed by atoms with Crippen molar-refractivity contribution < 1.29 is 9.90 Å². The molecule has 3 N–H and O–H groups in total. The van der Waals surface area contributed by atoms with Gasteiger partial charge in [0, 0.05) is 32.2 Å². The second-order valence-electron chi connectivity index (χ2n) is 5.83. The molecule has 2 unspecified atom stereocenters. The Morgan fingerprint density at radius 3 is 2.56 bits per heavy atom. The SMILES string of the molecule is CCN1CCN(CC(N)(C(=O)O)C2CC2)CC1C. The molecule has 1 aliphatic heterocycles. The second-order valence-corrected chi connectivity index (χ2v) is 5.83. The normalized spacial score (nSPS) is 30.1. The number of rotatable bonds is 5. The molecule has 0 aromatic carbocycles. The fourth-order valence-corrected chi connectivity index (χ4v) is 3.02. The summed E-state index contributed by atoms with van der Waals surface area (Å²) in [7, 11) is 0. The molecule has 0 aromatic rings. The maximum atomic E-state index is 11.4. The third kappa shape index (κ3) is 2.68. The van der Waals surface area contributed by atoms with E-state index in [1.165, 1.54) is 0 Å². The monoisotopic (exact) mass is 255 g/mol. The Balaban J connectivity index is 1.95. The van der Waals surface area contributed by atoms with Gasteiger partial charge in [0.25, 0.3) is 0 Å². The van der Waals surface area contributed by atoms with Crippen LogP contribution in [0, 0.1) is 5.92 Å². The number of nitrogens with two attached hydrogens (primary N) is 1. The number of hydrogen-bond acceptors (Lipinski definition) is 4. The molecule has 2 atom stereocenters. The average Bonchev–Trinajstić information content (AvgIpc) is 3.13. The Hall–Kier alpha value is -0.650. The number of piperazine rings is 1. The fraction of sp³-hybridized carbons (Fsp3) is 0.923. The largest absolute Gasteiger partial charge is 0.480 e. The summed E-state index contributed by atoms with van der Waals surface area (Å²) in [5, 5.41) is 9.38. The van der Waals surface area contributed by atoms with Gasteiger partial charge < -0.3 is 10.8 Å². The maximum absolute atomic E-state index is 11.4. The van der Waals surface area contributed by atoms with Crippen molar-refractivity contribution in [3.8, 4) is 0 Å². The Labute approximate surface area is 109 Å². The first-order chi connectivity index (χ1) is 8.47. The van der Waals surface area contributed by atoms with Crippen LogP contribution in [0.4, 0.5) is 0 Å². The summed E-state index contributed by atoms with van der Waals surface area (Å²) < 4.78 is 0. The lowest BCUT2D eigenvalue weighted by Gasteiger charge is -2.42. The van der Waals surface area contributed by atoms with Gasteiger partial charge in [0.15, 0.2) is 0 Å². The van der Waals surface area contributed by atoms with Gasteiger partial charge in [0.2, 0.25) is 0 Å². The van der Waals surface area contributed by atoms with E-state index < -0.39 is 11.5 Å². The van der Waals surface area contributed by atoms with Crippen molar-refractivity contribution in [3.63, 3.8) is 0 Å². The minimum atomic E-state index is -1.03. The summed E-state index contributed by atoms with van der Waals surface area (Å²) in [4.78, 5) is 16.1. The lowest BCUT2D eigenvalue weighted by Crippen LogP contribution is -2.62. The summed E-state index contributed by atoms with van der Waals surface area (Å²) in [5.41, 5.74) is 5.10. The predicted molar refractivity (Wildman–Crippen MR) is 70.4 cm³/mol. The summed E-state index contributed by atoms with van der Waals surface area (Å²) >= 11 is 0. The molecular weight excluding hydrogens is 230 g/mol. The number of nitrogens with zero attached hydrogens (tertiary/aromatic N) is 2. The van der Waals surface area contributed by atoms with Crippen LogP contribution in [0.5, 0.6) is 0 Å². The highest BCUT2D eigenvalue weighted by Crippen LogP contribution is 2.39. The first-order valence-electron chi connectivity index (χ1n) is 6.96. The van der Waals surface area contributed by atoms with Crippen LogP contribution in [0.3, 0.4) is 0 Å². The molecule has 1 saturated carbocycles. The van der Waals surface area contributed by atoms with Crippen molar-refractivity contribution >= 4 is 5.97 Å². The van der Waals surface area contributed by atoms with Crippen LogP contribution in [0.2, 0.25) is 0 Å². The fourth-order valence-electron chi connectivity index (χ4n) is 3.02. The summed E-state index contributed by atoms with van der Waals surface area (Å²) in [6, 6.07) is 0.487. The Morgan fingerprint density at radius 1 is 1.44 bits per heavy atom. The van der Waals surface area contributed by atoms with Crippen LogP contribution in [0.1, 0.15) is 26.7 Å². The number of carboxylic acids is 1. The third-order valence-corrected chi connectivity index (χ3v) is 4.44. The van der Waals surface area contributed by atoms with Crippen molar-refractivity contribution in [2.45, 2.75) is 38.3 Å². The highest BCUT2D eigenvalue weighted by atomic mass is 16.4. The molecule has 0 bridgehead atoms. The predicted octanol–water partition coefficient (Wildman–Crippen LogP) is 0.205. The summed E-state index contributed by atoms with van der Waals surface area (Å²) in [6.45, 7) is 8.79. The zero-order valence-electron chi connectivity index (χ0n) is 11.4. The minimum Gasteiger partial charge on any atom is -0.480 e. The Bertz CT molecular complexity index is 319. The van der Waals surface area contributed by atoms with Crippen molar-refractivity contribution in [2.24, 2.45) is 11.7 Å². The van der Waals surface area contributed by atoms with Gasteiger partial charge in [-0.1, -0.05) is 6.92 Å². The summed E-state index contributed by atoms with van der Waals surface area (Å²) in [6.07, 6.45) is 1.93. The van der Waals surface area contributed by atoms with E-state index in [1.54, 1.807) is 0 Å². The van der Waals surface area contributed by atoms with Gasteiger partial charge >= 0.3 is 5.97 Å². The molecule has 0 amide bonds. The van der Waals surface area contributed by atoms with Crippen LogP contribution in [-0.2, 0) is 4.79 Å². The van der Waals surface area contributed by atoms with Crippen LogP contribution in [0.25, 0.3) is 0 Å². The van der Waals surface area contributed by atoms with Gasteiger partial charge in [0.1, 0.15) is 5.54 Å². The van der Waals surface area contributed by atoms with Gasteiger partial charge in [-0.25, -0.2) is 0 Å². The lowest BCUT2D eigenvalue weighted by molar-refractivity contribution is -0.145. The average molecular weight is 255 g/mol. The molecule has 0 aromatic heterocycles. The first-order valence-corrected chi connectivity index (χ1v) is 6.96. The second kappa shape index (κ2) is 5.15. The highest BCUT2D eigenvalue weighted by Gasteiger charge is 2.49. The molecule has 0 spiro atoms. The lowest BCUT2D eigenvalue weighted by atomic mass is 9.93. The molecule has 2 aliphatic rings. The molecule has 1 aliphatic carbocycles. The zero-order valence-corrected chi connectivity index (χ0v) is 11.4.